The predicted octanol–water partition coefficient (Wildman–Crippen LogP) is 1.99. The van der Waals surface area contributed by atoms with E-state index in [1.54, 1.807) is 24.5 Å². The summed E-state index contributed by atoms with van der Waals surface area (Å²) < 4.78 is 19.8. The second kappa shape index (κ2) is 9.17. The number of carbonyl (C=O) groups is 1. The molecule has 0 unspecified atom stereocenters. The summed E-state index contributed by atoms with van der Waals surface area (Å²) in [5.74, 6) is 0.445. The highest BCUT2D eigenvalue weighted by molar-refractivity contribution is 5.79. The van der Waals surface area contributed by atoms with Crippen molar-refractivity contribution in [1.82, 2.24) is 15.3 Å². The SMILES string of the molecule is O=C(NCc1ccc(N2CCOCC2)c(F)c1)C1CCN(c2ncccn2)CC1. The van der Waals surface area contributed by atoms with Crippen molar-refractivity contribution >= 4 is 17.5 Å². The number of ether oxygens (including phenoxy) is 1. The molecule has 7 nitrogen and oxygen atoms in total. The van der Waals surface area contributed by atoms with Gasteiger partial charge in [-0.25, -0.2) is 14.4 Å². The largest absolute Gasteiger partial charge is 0.378 e. The lowest BCUT2D eigenvalue weighted by atomic mass is 9.96. The number of amides is 1. The summed E-state index contributed by atoms with van der Waals surface area (Å²) in [5.41, 5.74) is 1.36. The Balaban J connectivity index is 1.27. The van der Waals surface area contributed by atoms with Gasteiger partial charge in [0.2, 0.25) is 11.9 Å². The van der Waals surface area contributed by atoms with E-state index >= 15 is 0 Å². The van der Waals surface area contributed by atoms with Gasteiger partial charge in [-0.05, 0) is 36.6 Å². The van der Waals surface area contributed by atoms with Crippen LogP contribution in [0.15, 0.2) is 36.7 Å². The monoisotopic (exact) mass is 399 g/mol. The fourth-order valence-corrected chi connectivity index (χ4v) is 3.85. The van der Waals surface area contributed by atoms with Gasteiger partial charge in [0.15, 0.2) is 0 Å². The molecular weight excluding hydrogens is 373 g/mol. The minimum atomic E-state index is -0.255. The average Bonchev–Trinajstić information content (AvgIpc) is 2.79. The lowest BCUT2D eigenvalue weighted by molar-refractivity contribution is -0.125. The van der Waals surface area contributed by atoms with Gasteiger partial charge in [-0.1, -0.05) is 6.07 Å². The average molecular weight is 399 g/mol. The molecule has 1 amide bonds. The van der Waals surface area contributed by atoms with E-state index in [4.69, 9.17) is 4.74 Å². The highest BCUT2D eigenvalue weighted by atomic mass is 19.1. The minimum Gasteiger partial charge on any atom is -0.378 e. The van der Waals surface area contributed by atoms with Gasteiger partial charge in [-0.2, -0.15) is 0 Å². The molecule has 0 spiro atoms. The van der Waals surface area contributed by atoms with Crippen molar-refractivity contribution in [3.63, 3.8) is 0 Å². The molecule has 0 aliphatic carbocycles. The number of morpholine rings is 1. The first-order chi connectivity index (χ1) is 14.2. The fraction of sp³-hybridized carbons (Fsp3) is 0.476. The Bertz CT molecular complexity index is 821. The van der Waals surface area contributed by atoms with E-state index in [0.29, 0.717) is 44.5 Å². The molecule has 0 bridgehead atoms. The Labute approximate surface area is 169 Å². The molecule has 0 radical (unpaired) electrons. The standard InChI is InChI=1S/C21H26FN5O2/c22-18-14-16(2-3-19(18)26-10-12-29-13-11-26)15-25-20(28)17-4-8-27(9-5-17)21-23-6-1-7-24-21/h1-3,6-7,14,17H,4-5,8-13,15H2,(H,25,28). The zero-order chi connectivity index (χ0) is 20.1. The lowest BCUT2D eigenvalue weighted by Gasteiger charge is -2.31. The van der Waals surface area contributed by atoms with Crippen LogP contribution in [0, 0.1) is 11.7 Å². The van der Waals surface area contributed by atoms with Crippen LogP contribution in [0.25, 0.3) is 0 Å². The molecule has 154 valence electrons. The van der Waals surface area contributed by atoms with E-state index in [2.05, 4.69) is 20.2 Å². The van der Waals surface area contributed by atoms with Gasteiger partial charge < -0.3 is 19.9 Å². The van der Waals surface area contributed by atoms with E-state index in [-0.39, 0.29) is 17.6 Å². The summed E-state index contributed by atoms with van der Waals surface area (Å²) in [6.45, 7) is 4.47. The number of hydrogen-bond donors (Lipinski definition) is 1. The molecule has 2 aliphatic heterocycles. The fourth-order valence-electron chi connectivity index (χ4n) is 3.85. The molecule has 8 heteroatoms. The van der Waals surface area contributed by atoms with Crippen LogP contribution in [0.1, 0.15) is 18.4 Å². The third kappa shape index (κ3) is 4.82. The van der Waals surface area contributed by atoms with Crippen molar-refractivity contribution in [1.29, 1.82) is 0 Å². The maximum atomic E-state index is 14.5. The summed E-state index contributed by atoms with van der Waals surface area (Å²) in [6, 6.07) is 6.98. The first-order valence-corrected chi connectivity index (χ1v) is 10.1. The van der Waals surface area contributed by atoms with Gasteiger partial charge >= 0.3 is 0 Å². The third-order valence-electron chi connectivity index (χ3n) is 5.53. The van der Waals surface area contributed by atoms with Crippen molar-refractivity contribution in [2.75, 3.05) is 49.2 Å². The smallest absolute Gasteiger partial charge is 0.225 e. The van der Waals surface area contributed by atoms with Gasteiger partial charge in [0.05, 0.1) is 18.9 Å². The Morgan fingerprint density at radius 1 is 1.10 bits per heavy atom. The Morgan fingerprint density at radius 3 is 2.52 bits per heavy atom. The number of piperidine rings is 1. The lowest BCUT2D eigenvalue weighted by Crippen LogP contribution is -2.41. The topological polar surface area (TPSA) is 70.6 Å². The van der Waals surface area contributed by atoms with Crippen molar-refractivity contribution in [3.05, 3.63) is 48.0 Å². The molecule has 4 rings (SSSR count). The van der Waals surface area contributed by atoms with Gasteiger partial charge in [0.25, 0.3) is 0 Å². The van der Waals surface area contributed by atoms with Crippen molar-refractivity contribution in [3.8, 4) is 0 Å². The van der Waals surface area contributed by atoms with Crippen LogP contribution < -0.4 is 15.1 Å². The number of nitrogens with one attached hydrogen (secondary N) is 1. The number of rotatable bonds is 5. The van der Waals surface area contributed by atoms with E-state index < -0.39 is 0 Å². The first kappa shape index (κ1) is 19.6. The summed E-state index contributed by atoms with van der Waals surface area (Å²) in [6.07, 6.45) is 4.97. The molecule has 2 aromatic rings. The van der Waals surface area contributed by atoms with Crippen molar-refractivity contribution in [2.24, 2.45) is 5.92 Å². The summed E-state index contributed by atoms with van der Waals surface area (Å²) >= 11 is 0. The van der Waals surface area contributed by atoms with E-state index in [0.717, 1.165) is 31.5 Å². The number of hydrogen-bond acceptors (Lipinski definition) is 6. The molecule has 1 aromatic heterocycles. The van der Waals surface area contributed by atoms with Crippen LogP contribution >= 0.6 is 0 Å². The molecule has 1 aromatic carbocycles. The van der Waals surface area contributed by atoms with E-state index in [9.17, 15) is 9.18 Å². The maximum Gasteiger partial charge on any atom is 0.225 e. The Kier molecular flexibility index (Phi) is 6.19. The van der Waals surface area contributed by atoms with E-state index in [1.165, 1.54) is 6.07 Å². The Morgan fingerprint density at radius 2 is 1.83 bits per heavy atom. The van der Waals surface area contributed by atoms with Gasteiger partial charge in [-0.3, -0.25) is 4.79 Å². The number of aromatic nitrogens is 2. The number of halogens is 1. The highest BCUT2D eigenvalue weighted by Crippen LogP contribution is 2.23. The van der Waals surface area contributed by atoms with Crippen LogP contribution in [0.4, 0.5) is 16.0 Å². The zero-order valence-electron chi connectivity index (χ0n) is 16.4. The second-order valence-corrected chi connectivity index (χ2v) is 7.41. The van der Waals surface area contributed by atoms with Crippen LogP contribution in [0.2, 0.25) is 0 Å². The van der Waals surface area contributed by atoms with Crippen LogP contribution in [0.5, 0.6) is 0 Å². The second-order valence-electron chi connectivity index (χ2n) is 7.41. The highest BCUT2D eigenvalue weighted by Gasteiger charge is 2.26. The first-order valence-electron chi connectivity index (χ1n) is 10.1. The molecule has 29 heavy (non-hydrogen) atoms. The normalized spacial score (nSPS) is 18.0. The minimum absolute atomic E-state index is 0.0243. The molecule has 2 saturated heterocycles. The maximum absolute atomic E-state index is 14.5. The summed E-state index contributed by atoms with van der Waals surface area (Å²) in [4.78, 5) is 25.2. The Hall–Kier alpha value is -2.74. The molecule has 0 saturated carbocycles. The summed E-state index contributed by atoms with van der Waals surface area (Å²) in [7, 11) is 0. The molecule has 1 N–H and O–H groups in total. The molecule has 0 atom stereocenters. The van der Waals surface area contributed by atoms with Crippen molar-refractivity contribution < 1.29 is 13.9 Å². The molecule has 2 aliphatic rings. The molecule has 3 heterocycles. The van der Waals surface area contributed by atoms with Crippen LogP contribution in [-0.2, 0) is 16.1 Å². The zero-order valence-corrected chi connectivity index (χ0v) is 16.4. The van der Waals surface area contributed by atoms with Crippen molar-refractivity contribution in [2.45, 2.75) is 19.4 Å². The van der Waals surface area contributed by atoms with Gasteiger partial charge in [0, 0.05) is 51.0 Å². The van der Waals surface area contributed by atoms with Gasteiger partial charge in [0.1, 0.15) is 5.82 Å². The quantitative estimate of drug-likeness (QED) is 0.829. The van der Waals surface area contributed by atoms with Gasteiger partial charge in [-0.15, -0.1) is 0 Å². The number of nitrogens with zero attached hydrogens (tertiary/aromatic N) is 4. The van der Waals surface area contributed by atoms with Crippen LogP contribution in [0.3, 0.4) is 0 Å². The molecular formula is C21H26FN5O2. The summed E-state index contributed by atoms with van der Waals surface area (Å²) in [5, 5.41) is 2.96. The number of carbonyl (C=O) groups excluding carboxylic acids is 1. The number of anilines is 2. The third-order valence-corrected chi connectivity index (χ3v) is 5.53. The predicted molar refractivity (Wildman–Crippen MR) is 108 cm³/mol. The number of benzene rings is 1. The van der Waals surface area contributed by atoms with E-state index in [1.807, 2.05) is 11.0 Å². The molecule has 2 fully saturated rings. The van der Waals surface area contributed by atoms with Crippen LogP contribution in [-0.4, -0.2) is 55.3 Å².